The first kappa shape index (κ1) is 21.4. The van der Waals surface area contributed by atoms with Gasteiger partial charge < -0.3 is 20.4 Å². The zero-order chi connectivity index (χ0) is 20.6. The molecular weight excluding hydrogens is 364 g/mol. The second kappa shape index (κ2) is 10.5. The van der Waals surface area contributed by atoms with Gasteiger partial charge in [-0.25, -0.2) is 4.98 Å². The topological polar surface area (TPSA) is 72.9 Å². The summed E-state index contributed by atoms with van der Waals surface area (Å²) in [5.74, 6) is 3.45. The maximum atomic E-state index is 11.6. The Morgan fingerprint density at radius 3 is 2.48 bits per heavy atom. The summed E-state index contributed by atoms with van der Waals surface area (Å²) in [6.07, 6.45) is 7.16. The normalized spacial score (nSPS) is 19.3. The standard InChI is InChI=1S/C22H36N6O/c1-17-6-10-27(11-7-17)20-5-4-19(15-25-20)16-26-22(24-3)28-12-8-18(9-13-28)14-21(29)23-2/h4-5,15,17-18H,6-14,16H2,1-3H3,(H,23,29)(H,24,26). The molecule has 0 aromatic carbocycles. The average molecular weight is 401 g/mol. The fraction of sp³-hybridized carbons (Fsp3) is 0.682. The van der Waals surface area contributed by atoms with Crippen LogP contribution < -0.4 is 15.5 Å². The van der Waals surface area contributed by atoms with Crippen molar-refractivity contribution in [3.05, 3.63) is 23.9 Å². The number of rotatable bonds is 5. The molecule has 0 bridgehead atoms. The maximum absolute atomic E-state index is 11.6. The van der Waals surface area contributed by atoms with E-state index < -0.39 is 0 Å². The van der Waals surface area contributed by atoms with Crippen molar-refractivity contribution in [3.8, 4) is 0 Å². The Balaban J connectivity index is 1.45. The van der Waals surface area contributed by atoms with Gasteiger partial charge in [0, 0.05) is 59.4 Å². The summed E-state index contributed by atoms with van der Waals surface area (Å²) in [6, 6.07) is 4.30. The van der Waals surface area contributed by atoms with Crippen molar-refractivity contribution >= 4 is 17.7 Å². The fourth-order valence-electron chi connectivity index (χ4n) is 4.17. The maximum Gasteiger partial charge on any atom is 0.220 e. The molecule has 1 amide bonds. The summed E-state index contributed by atoms with van der Waals surface area (Å²) in [4.78, 5) is 25.4. The summed E-state index contributed by atoms with van der Waals surface area (Å²) in [6.45, 7) is 7.13. The highest BCUT2D eigenvalue weighted by Gasteiger charge is 2.23. The van der Waals surface area contributed by atoms with Gasteiger partial charge in [-0.05, 0) is 49.1 Å². The van der Waals surface area contributed by atoms with Crippen LogP contribution in [0.4, 0.5) is 5.82 Å². The Labute approximate surface area is 175 Å². The van der Waals surface area contributed by atoms with Crippen LogP contribution in [0.2, 0.25) is 0 Å². The van der Waals surface area contributed by atoms with Gasteiger partial charge in [0.15, 0.2) is 5.96 Å². The number of nitrogens with zero attached hydrogens (tertiary/aromatic N) is 4. The van der Waals surface area contributed by atoms with Gasteiger partial charge in [0.1, 0.15) is 5.82 Å². The molecule has 7 nitrogen and oxygen atoms in total. The first-order valence-electron chi connectivity index (χ1n) is 10.9. The molecule has 0 radical (unpaired) electrons. The van der Waals surface area contributed by atoms with E-state index in [2.05, 4.69) is 49.5 Å². The highest BCUT2D eigenvalue weighted by atomic mass is 16.1. The van der Waals surface area contributed by atoms with Crippen molar-refractivity contribution in [2.75, 3.05) is 45.2 Å². The minimum Gasteiger partial charge on any atom is -0.359 e. The molecule has 29 heavy (non-hydrogen) atoms. The largest absolute Gasteiger partial charge is 0.359 e. The number of hydrogen-bond acceptors (Lipinski definition) is 4. The number of aliphatic imine (C=N–C) groups is 1. The van der Waals surface area contributed by atoms with Crippen molar-refractivity contribution in [1.82, 2.24) is 20.5 Å². The van der Waals surface area contributed by atoms with Crippen molar-refractivity contribution < 1.29 is 4.79 Å². The molecule has 3 rings (SSSR count). The van der Waals surface area contributed by atoms with Crippen LogP contribution >= 0.6 is 0 Å². The third-order valence-corrected chi connectivity index (χ3v) is 6.25. The van der Waals surface area contributed by atoms with Gasteiger partial charge in [-0.3, -0.25) is 9.79 Å². The number of amides is 1. The minimum absolute atomic E-state index is 0.140. The van der Waals surface area contributed by atoms with Gasteiger partial charge in [-0.2, -0.15) is 0 Å². The number of hydrogen-bond donors (Lipinski definition) is 2. The van der Waals surface area contributed by atoms with Crippen LogP contribution in [-0.2, 0) is 11.3 Å². The molecule has 2 N–H and O–H groups in total. The van der Waals surface area contributed by atoms with E-state index in [1.807, 2.05) is 13.2 Å². The van der Waals surface area contributed by atoms with E-state index in [9.17, 15) is 4.79 Å². The highest BCUT2D eigenvalue weighted by Crippen LogP contribution is 2.22. The van der Waals surface area contributed by atoms with Gasteiger partial charge in [-0.15, -0.1) is 0 Å². The zero-order valence-electron chi connectivity index (χ0n) is 18.2. The van der Waals surface area contributed by atoms with Crippen LogP contribution in [0.15, 0.2) is 23.3 Å². The first-order chi connectivity index (χ1) is 14.1. The van der Waals surface area contributed by atoms with E-state index in [1.54, 1.807) is 7.05 Å². The molecule has 2 aliphatic rings. The van der Waals surface area contributed by atoms with E-state index >= 15 is 0 Å². The van der Waals surface area contributed by atoms with Gasteiger partial charge in [0.05, 0.1) is 0 Å². The van der Waals surface area contributed by atoms with E-state index in [-0.39, 0.29) is 5.91 Å². The lowest BCUT2D eigenvalue weighted by Gasteiger charge is -2.34. The molecule has 3 heterocycles. The van der Waals surface area contributed by atoms with Gasteiger partial charge in [-0.1, -0.05) is 13.0 Å². The number of piperidine rings is 2. The molecule has 0 saturated carbocycles. The van der Waals surface area contributed by atoms with Crippen molar-refractivity contribution in [1.29, 1.82) is 0 Å². The number of carbonyl (C=O) groups excluding carboxylic acids is 1. The Bertz CT molecular complexity index is 673. The molecule has 0 aliphatic carbocycles. The molecule has 160 valence electrons. The predicted octanol–water partition coefficient (Wildman–Crippen LogP) is 2.24. The Kier molecular flexibility index (Phi) is 7.72. The lowest BCUT2D eigenvalue weighted by Crippen LogP contribution is -2.45. The van der Waals surface area contributed by atoms with Gasteiger partial charge in [0.25, 0.3) is 0 Å². The second-order valence-corrected chi connectivity index (χ2v) is 8.40. The summed E-state index contributed by atoms with van der Waals surface area (Å²) in [5, 5.41) is 6.20. The van der Waals surface area contributed by atoms with Crippen molar-refractivity contribution in [2.45, 2.75) is 45.6 Å². The zero-order valence-corrected chi connectivity index (χ0v) is 18.2. The Morgan fingerprint density at radius 1 is 1.17 bits per heavy atom. The number of nitrogens with one attached hydrogen (secondary N) is 2. The van der Waals surface area contributed by atoms with E-state index in [1.165, 1.54) is 12.8 Å². The highest BCUT2D eigenvalue weighted by molar-refractivity contribution is 5.80. The third-order valence-electron chi connectivity index (χ3n) is 6.25. The molecule has 2 aliphatic heterocycles. The third kappa shape index (κ3) is 6.08. The summed E-state index contributed by atoms with van der Waals surface area (Å²) >= 11 is 0. The molecule has 2 fully saturated rings. The quantitative estimate of drug-likeness (QED) is 0.586. The van der Waals surface area contributed by atoms with Crippen molar-refractivity contribution in [3.63, 3.8) is 0 Å². The lowest BCUT2D eigenvalue weighted by molar-refractivity contribution is -0.121. The van der Waals surface area contributed by atoms with Gasteiger partial charge >= 0.3 is 0 Å². The van der Waals surface area contributed by atoms with Crippen LogP contribution in [0.3, 0.4) is 0 Å². The monoisotopic (exact) mass is 400 g/mol. The van der Waals surface area contributed by atoms with Crippen LogP contribution in [0.1, 0.15) is 44.6 Å². The number of carbonyl (C=O) groups is 1. The smallest absolute Gasteiger partial charge is 0.220 e. The molecular formula is C22H36N6O. The molecule has 1 aromatic rings. The molecule has 2 saturated heterocycles. The number of guanidine groups is 1. The fourth-order valence-corrected chi connectivity index (χ4v) is 4.17. The molecule has 0 atom stereocenters. The van der Waals surface area contributed by atoms with Crippen LogP contribution in [0.25, 0.3) is 0 Å². The first-order valence-corrected chi connectivity index (χ1v) is 10.9. The van der Waals surface area contributed by atoms with Crippen LogP contribution in [0, 0.1) is 11.8 Å². The van der Waals surface area contributed by atoms with E-state index in [4.69, 9.17) is 0 Å². The van der Waals surface area contributed by atoms with Crippen LogP contribution in [-0.4, -0.2) is 62.0 Å². The van der Waals surface area contributed by atoms with E-state index in [0.717, 1.165) is 68.8 Å². The number of anilines is 1. The SMILES string of the molecule is CN=C(NCc1ccc(N2CCC(C)CC2)nc1)N1CCC(CC(=O)NC)CC1. The number of pyridine rings is 1. The van der Waals surface area contributed by atoms with Crippen LogP contribution in [0.5, 0.6) is 0 Å². The summed E-state index contributed by atoms with van der Waals surface area (Å²) in [7, 11) is 3.54. The average Bonchev–Trinajstić information content (AvgIpc) is 2.76. The number of aromatic nitrogens is 1. The summed E-state index contributed by atoms with van der Waals surface area (Å²) in [5.41, 5.74) is 1.16. The van der Waals surface area contributed by atoms with E-state index in [0.29, 0.717) is 12.3 Å². The lowest BCUT2D eigenvalue weighted by atomic mass is 9.93. The van der Waals surface area contributed by atoms with Gasteiger partial charge in [0.2, 0.25) is 5.91 Å². The molecule has 0 unspecified atom stereocenters. The summed E-state index contributed by atoms with van der Waals surface area (Å²) < 4.78 is 0. The molecule has 1 aromatic heterocycles. The Hall–Kier alpha value is -2.31. The Morgan fingerprint density at radius 2 is 1.90 bits per heavy atom. The molecule has 7 heteroatoms. The molecule has 0 spiro atoms. The van der Waals surface area contributed by atoms with Crippen molar-refractivity contribution in [2.24, 2.45) is 16.8 Å². The number of likely N-dealkylation sites (tertiary alicyclic amines) is 1. The predicted molar refractivity (Wildman–Crippen MR) is 118 cm³/mol. The second-order valence-electron chi connectivity index (χ2n) is 8.40. The minimum atomic E-state index is 0.140.